The van der Waals surface area contributed by atoms with Crippen LogP contribution in [0.1, 0.15) is 19.5 Å². The molecule has 3 N–H and O–H groups in total. The van der Waals surface area contributed by atoms with Crippen LogP contribution < -0.4 is 5.73 Å². The van der Waals surface area contributed by atoms with E-state index in [2.05, 4.69) is 9.98 Å². The van der Waals surface area contributed by atoms with Crippen molar-refractivity contribution in [2.45, 2.75) is 19.4 Å². The molecule has 0 amide bonds. The number of pyridine rings is 1. The number of aromatic nitrogens is 1. The van der Waals surface area contributed by atoms with Gasteiger partial charge in [0.15, 0.2) is 0 Å². The molecule has 0 aliphatic heterocycles. The van der Waals surface area contributed by atoms with Crippen LogP contribution in [0.2, 0.25) is 0 Å². The molecule has 0 saturated carbocycles. The first-order chi connectivity index (χ1) is 8.81. The van der Waals surface area contributed by atoms with Crippen LogP contribution in [0.15, 0.2) is 35.1 Å². The quantitative estimate of drug-likeness (QED) is 0.464. The Labute approximate surface area is 110 Å². The lowest BCUT2D eigenvalue weighted by Gasteiger charge is -2.12. The van der Waals surface area contributed by atoms with Gasteiger partial charge in [0.05, 0.1) is 22.8 Å². The van der Waals surface area contributed by atoms with Crippen LogP contribution in [0.25, 0.3) is 5.70 Å². The minimum Gasteiger partial charge on any atom is -0.391 e. The minimum atomic E-state index is -1.03. The van der Waals surface area contributed by atoms with Crippen molar-refractivity contribution >= 4 is 11.9 Å². The Hall–Kier alpha value is -2.28. The van der Waals surface area contributed by atoms with E-state index in [4.69, 9.17) is 5.73 Å². The fourth-order valence-corrected chi connectivity index (χ4v) is 1.22. The van der Waals surface area contributed by atoms with Crippen molar-refractivity contribution in [3.05, 3.63) is 45.9 Å². The van der Waals surface area contributed by atoms with Crippen LogP contribution in [0.4, 0.5) is 0 Å². The van der Waals surface area contributed by atoms with Crippen molar-refractivity contribution in [3.8, 4) is 0 Å². The maximum atomic E-state index is 11.0. The zero-order valence-electron chi connectivity index (χ0n) is 10.8. The number of nitrogens with zero attached hydrogens (tertiary/aromatic N) is 3. The number of allylic oxidation sites excluding steroid dienone is 1. The summed E-state index contributed by atoms with van der Waals surface area (Å²) >= 11 is 0. The van der Waals surface area contributed by atoms with Crippen LogP contribution in [-0.4, -0.2) is 33.4 Å². The van der Waals surface area contributed by atoms with E-state index in [1.54, 1.807) is 32.0 Å². The predicted molar refractivity (Wildman–Crippen MR) is 72.0 cm³/mol. The molecule has 7 heteroatoms. The van der Waals surface area contributed by atoms with E-state index in [1.165, 1.54) is 6.20 Å². The van der Waals surface area contributed by atoms with Crippen LogP contribution >= 0.6 is 0 Å². The molecule has 7 nitrogen and oxygen atoms in total. The molecule has 1 rings (SSSR count). The summed E-state index contributed by atoms with van der Waals surface area (Å²) in [5.74, 6) is 0. The summed E-state index contributed by atoms with van der Waals surface area (Å²) in [4.78, 5) is 18.1. The molecule has 19 heavy (non-hydrogen) atoms. The number of aliphatic hydroxyl groups is 1. The van der Waals surface area contributed by atoms with Gasteiger partial charge >= 0.3 is 5.70 Å². The maximum absolute atomic E-state index is 11.0. The Balaban J connectivity index is 3.04. The van der Waals surface area contributed by atoms with Crippen molar-refractivity contribution in [2.75, 3.05) is 6.54 Å². The summed E-state index contributed by atoms with van der Waals surface area (Å²) in [6, 6.07) is 4.94. The highest BCUT2D eigenvalue weighted by Gasteiger charge is 2.17. The molecular formula is C12H16N4O3. The van der Waals surface area contributed by atoms with E-state index in [-0.39, 0.29) is 17.9 Å². The summed E-state index contributed by atoms with van der Waals surface area (Å²) in [5.41, 5.74) is 4.58. The van der Waals surface area contributed by atoms with Gasteiger partial charge in [-0.1, -0.05) is 6.07 Å². The molecule has 1 aromatic rings. The molecule has 0 unspecified atom stereocenters. The second kappa shape index (κ2) is 6.05. The van der Waals surface area contributed by atoms with Crippen LogP contribution in [-0.2, 0) is 0 Å². The summed E-state index contributed by atoms with van der Waals surface area (Å²) in [5, 5.41) is 20.4. The first-order valence-electron chi connectivity index (χ1n) is 5.59. The third kappa shape index (κ3) is 4.84. The van der Waals surface area contributed by atoms with Crippen molar-refractivity contribution in [2.24, 2.45) is 10.7 Å². The normalized spacial score (nSPS) is 13.4. The van der Waals surface area contributed by atoms with Crippen molar-refractivity contribution in [1.29, 1.82) is 0 Å². The van der Waals surface area contributed by atoms with E-state index < -0.39 is 10.5 Å². The molecule has 0 aromatic carbocycles. The highest BCUT2D eigenvalue weighted by atomic mass is 16.6. The molecule has 0 bridgehead atoms. The zero-order valence-corrected chi connectivity index (χ0v) is 10.8. The van der Waals surface area contributed by atoms with Gasteiger partial charge < -0.3 is 10.8 Å². The largest absolute Gasteiger partial charge is 0.391 e. The number of nitrogens with two attached hydrogens (primary N) is 1. The lowest BCUT2D eigenvalue weighted by Crippen LogP contribution is -2.23. The summed E-state index contributed by atoms with van der Waals surface area (Å²) < 4.78 is 0. The van der Waals surface area contributed by atoms with Crippen LogP contribution in [0, 0.1) is 10.1 Å². The van der Waals surface area contributed by atoms with Gasteiger partial charge in [-0.3, -0.25) is 20.1 Å². The van der Waals surface area contributed by atoms with E-state index in [0.717, 1.165) is 6.21 Å². The Morgan fingerprint density at radius 2 is 2.32 bits per heavy atom. The molecule has 0 fully saturated rings. The number of rotatable bonds is 5. The highest BCUT2D eigenvalue weighted by molar-refractivity contribution is 5.86. The van der Waals surface area contributed by atoms with Crippen LogP contribution in [0.3, 0.4) is 0 Å². The lowest BCUT2D eigenvalue weighted by atomic mass is 10.1. The Bertz CT molecular complexity index is 503. The Morgan fingerprint density at radius 3 is 2.79 bits per heavy atom. The van der Waals surface area contributed by atoms with Crippen molar-refractivity contribution in [1.82, 2.24) is 4.98 Å². The highest BCUT2D eigenvalue weighted by Crippen LogP contribution is 2.10. The summed E-state index contributed by atoms with van der Waals surface area (Å²) in [6.45, 7) is 3.16. The minimum absolute atomic E-state index is 0.0415. The average molecular weight is 264 g/mol. The molecule has 0 radical (unpaired) electrons. The van der Waals surface area contributed by atoms with E-state index in [0.29, 0.717) is 5.69 Å². The third-order valence-electron chi connectivity index (χ3n) is 2.11. The van der Waals surface area contributed by atoms with Gasteiger partial charge in [0.2, 0.25) is 0 Å². The van der Waals surface area contributed by atoms with Gasteiger partial charge in [0.25, 0.3) is 0 Å². The first kappa shape index (κ1) is 14.8. The van der Waals surface area contributed by atoms with Crippen molar-refractivity contribution in [3.63, 3.8) is 0 Å². The number of hydrogen-bond donors (Lipinski definition) is 2. The molecule has 102 valence electrons. The third-order valence-corrected chi connectivity index (χ3v) is 2.11. The fraction of sp³-hybridized carbons (Fsp3) is 0.333. The standard InChI is InChI=1S/C12H16N4O3/c1-12(2,17)8-14-7-10(16(18)19)11(13)9-5-3-4-6-15-9/h3-7,17H,8,13H2,1-2H3/b11-10+,14-7?. The van der Waals surface area contributed by atoms with Gasteiger partial charge in [-0.25, -0.2) is 0 Å². The topological polar surface area (TPSA) is 115 Å². The molecule has 1 heterocycles. The fourth-order valence-electron chi connectivity index (χ4n) is 1.22. The maximum Gasteiger partial charge on any atom is 0.311 e. The number of hydrogen-bond acceptors (Lipinski definition) is 6. The van der Waals surface area contributed by atoms with Gasteiger partial charge in [-0.05, 0) is 26.0 Å². The molecule has 0 saturated heterocycles. The molecule has 0 atom stereocenters. The predicted octanol–water partition coefficient (Wildman–Crippen LogP) is 0.827. The van der Waals surface area contributed by atoms with Gasteiger partial charge in [-0.15, -0.1) is 0 Å². The number of aliphatic imine (C=N–C) groups is 1. The Kier molecular flexibility index (Phi) is 4.71. The van der Waals surface area contributed by atoms with Crippen LogP contribution in [0.5, 0.6) is 0 Å². The van der Waals surface area contributed by atoms with Crippen molar-refractivity contribution < 1.29 is 10.0 Å². The second-order valence-corrected chi connectivity index (χ2v) is 4.55. The smallest absolute Gasteiger partial charge is 0.311 e. The zero-order chi connectivity index (χ0) is 14.5. The van der Waals surface area contributed by atoms with Gasteiger partial charge in [0.1, 0.15) is 11.9 Å². The van der Waals surface area contributed by atoms with Gasteiger partial charge in [0, 0.05) is 6.20 Å². The lowest BCUT2D eigenvalue weighted by molar-refractivity contribution is -0.413. The SMILES string of the molecule is CC(C)(O)CN=C/C(=C(\N)c1ccccn1)[N+](=O)[O-]. The second-order valence-electron chi connectivity index (χ2n) is 4.55. The van der Waals surface area contributed by atoms with E-state index >= 15 is 0 Å². The van der Waals surface area contributed by atoms with E-state index in [1.807, 2.05) is 0 Å². The molecule has 0 spiro atoms. The van der Waals surface area contributed by atoms with Gasteiger partial charge in [-0.2, -0.15) is 0 Å². The molecule has 1 aromatic heterocycles. The molecule has 0 aliphatic rings. The monoisotopic (exact) mass is 264 g/mol. The van der Waals surface area contributed by atoms with E-state index in [9.17, 15) is 15.2 Å². The first-order valence-corrected chi connectivity index (χ1v) is 5.59. The number of nitro groups is 1. The Morgan fingerprint density at radius 1 is 1.63 bits per heavy atom. The summed E-state index contributed by atoms with van der Waals surface area (Å²) in [7, 11) is 0. The molecular weight excluding hydrogens is 248 g/mol. The molecule has 0 aliphatic carbocycles. The summed E-state index contributed by atoms with van der Waals surface area (Å²) in [6.07, 6.45) is 2.54. The average Bonchev–Trinajstić information content (AvgIpc) is 2.33.